The van der Waals surface area contributed by atoms with Crippen molar-refractivity contribution in [3.63, 3.8) is 0 Å². The summed E-state index contributed by atoms with van der Waals surface area (Å²) in [6.07, 6.45) is 4.71. The van der Waals surface area contributed by atoms with Gasteiger partial charge >= 0.3 is 0 Å². The molecule has 20 heavy (non-hydrogen) atoms. The van der Waals surface area contributed by atoms with Crippen molar-refractivity contribution in [2.75, 3.05) is 13.2 Å². The Labute approximate surface area is 121 Å². The Morgan fingerprint density at radius 1 is 1.15 bits per heavy atom. The van der Waals surface area contributed by atoms with Gasteiger partial charge in [-0.05, 0) is 30.7 Å². The number of nitrogens with one attached hydrogen (secondary N) is 1. The minimum absolute atomic E-state index is 0.113. The molecule has 0 saturated carbocycles. The highest BCUT2D eigenvalue weighted by Gasteiger charge is 2.17. The number of para-hydroxylation sites is 1. The summed E-state index contributed by atoms with van der Waals surface area (Å²) in [4.78, 5) is 4.22. The Balaban J connectivity index is 2.34. The molecule has 0 aliphatic carbocycles. The monoisotopic (exact) mass is 270 g/mol. The van der Waals surface area contributed by atoms with Crippen molar-refractivity contribution in [3.8, 4) is 5.75 Å². The largest absolute Gasteiger partial charge is 0.493 e. The summed E-state index contributed by atoms with van der Waals surface area (Å²) in [5.41, 5.74) is 2.32. The molecule has 0 amide bonds. The molecule has 1 atom stereocenters. The Kier molecular flexibility index (Phi) is 5.56. The van der Waals surface area contributed by atoms with Gasteiger partial charge in [-0.25, -0.2) is 0 Å². The minimum atomic E-state index is 0.113. The van der Waals surface area contributed by atoms with Crippen molar-refractivity contribution < 1.29 is 4.74 Å². The average Bonchev–Trinajstić information content (AvgIpc) is 2.52. The number of benzene rings is 1. The fraction of sp³-hybridized carbons (Fsp3) is 0.353. The number of pyridine rings is 1. The molecule has 2 aromatic rings. The molecule has 0 saturated heterocycles. The molecular weight excluding hydrogens is 248 g/mol. The predicted molar refractivity (Wildman–Crippen MR) is 82.0 cm³/mol. The van der Waals surface area contributed by atoms with Gasteiger partial charge < -0.3 is 10.1 Å². The maximum absolute atomic E-state index is 5.87. The van der Waals surface area contributed by atoms with E-state index in [1.165, 1.54) is 0 Å². The third-order valence-electron chi connectivity index (χ3n) is 3.12. The smallest absolute Gasteiger partial charge is 0.124 e. The van der Waals surface area contributed by atoms with Crippen LogP contribution in [0.3, 0.4) is 0 Å². The molecule has 3 heteroatoms. The first-order valence-electron chi connectivity index (χ1n) is 7.21. The van der Waals surface area contributed by atoms with Gasteiger partial charge in [0, 0.05) is 18.0 Å². The van der Waals surface area contributed by atoms with Crippen LogP contribution in [-0.2, 0) is 0 Å². The molecule has 0 bridgehead atoms. The molecule has 1 aromatic carbocycles. The fourth-order valence-corrected chi connectivity index (χ4v) is 2.22. The van der Waals surface area contributed by atoms with Crippen LogP contribution in [0.2, 0.25) is 0 Å². The van der Waals surface area contributed by atoms with Crippen LogP contribution < -0.4 is 10.1 Å². The zero-order valence-electron chi connectivity index (χ0n) is 12.2. The van der Waals surface area contributed by atoms with Gasteiger partial charge in [-0.1, -0.05) is 38.1 Å². The molecule has 0 aliphatic heterocycles. The first-order chi connectivity index (χ1) is 9.86. The second-order valence-corrected chi connectivity index (χ2v) is 4.66. The highest BCUT2D eigenvalue weighted by molar-refractivity contribution is 5.41. The quantitative estimate of drug-likeness (QED) is 0.835. The van der Waals surface area contributed by atoms with E-state index in [0.717, 1.165) is 36.4 Å². The van der Waals surface area contributed by atoms with E-state index in [1.807, 2.05) is 24.4 Å². The van der Waals surface area contributed by atoms with Crippen molar-refractivity contribution in [2.45, 2.75) is 26.3 Å². The van der Waals surface area contributed by atoms with Crippen LogP contribution in [0.1, 0.15) is 37.4 Å². The van der Waals surface area contributed by atoms with Gasteiger partial charge in [0.2, 0.25) is 0 Å². The molecule has 1 aromatic heterocycles. The van der Waals surface area contributed by atoms with E-state index in [0.29, 0.717) is 0 Å². The van der Waals surface area contributed by atoms with Crippen molar-refractivity contribution in [2.24, 2.45) is 0 Å². The summed E-state index contributed by atoms with van der Waals surface area (Å²) < 4.78 is 5.87. The molecule has 0 fully saturated rings. The van der Waals surface area contributed by atoms with Crippen LogP contribution in [-0.4, -0.2) is 18.1 Å². The highest BCUT2D eigenvalue weighted by Crippen LogP contribution is 2.29. The van der Waals surface area contributed by atoms with E-state index in [9.17, 15) is 0 Å². The Bertz CT molecular complexity index is 513. The fourth-order valence-electron chi connectivity index (χ4n) is 2.22. The Morgan fingerprint density at radius 3 is 2.70 bits per heavy atom. The van der Waals surface area contributed by atoms with Crippen molar-refractivity contribution in [3.05, 3.63) is 59.9 Å². The molecular formula is C17H22N2O. The van der Waals surface area contributed by atoms with Crippen molar-refractivity contribution in [1.82, 2.24) is 10.3 Å². The summed E-state index contributed by atoms with van der Waals surface area (Å²) in [7, 11) is 0. The number of ether oxygens (including phenoxy) is 1. The molecule has 0 spiro atoms. The minimum Gasteiger partial charge on any atom is -0.493 e. The van der Waals surface area contributed by atoms with E-state index >= 15 is 0 Å². The molecule has 0 radical (unpaired) electrons. The van der Waals surface area contributed by atoms with Crippen LogP contribution in [0.4, 0.5) is 0 Å². The summed E-state index contributed by atoms with van der Waals surface area (Å²) >= 11 is 0. The summed E-state index contributed by atoms with van der Waals surface area (Å²) in [5, 5.41) is 3.51. The van der Waals surface area contributed by atoms with Crippen LogP contribution in [0, 0.1) is 0 Å². The van der Waals surface area contributed by atoms with E-state index in [2.05, 4.69) is 42.3 Å². The van der Waals surface area contributed by atoms with E-state index in [-0.39, 0.29) is 6.04 Å². The van der Waals surface area contributed by atoms with Crippen LogP contribution in [0.15, 0.2) is 48.8 Å². The molecule has 3 nitrogen and oxygen atoms in total. The van der Waals surface area contributed by atoms with Crippen LogP contribution >= 0.6 is 0 Å². The number of hydrogen-bond donors (Lipinski definition) is 1. The van der Waals surface area contributed by atoms with Gasteiger partial charge in [-0.15, -0.1) is 0 Å². The first-order valence-corrected chi connectivity index (χ1v) is 7.21. The van der Waals surface area contributed by atoms with Crippen molar-refractivity contribution in [1.29, 1.82) is 0 Å². The van der Waals surface area contributed by atoms with Gasteiger partial charge in [0.25, 0.3) is 0 Å². The van der Waals surface area contributed by atoms with Gasteiger partial charge in [0.05, 0.1) is 12.6 Å². The SMILES string of the molecule is CCCOc1ccccc1C(NCC)c1cccnc1. The average molecular weight is 270 g/mol. The van der Waals surface area contributed by atoms with Crippen LogP contribution in [0.25, 0.3) is 0 Å². The van der Waals surface area contributed by atoms with Gasteiger partial charge in [-0.2, -0.15) is 0 Å². The number of aromatic nitrogens is 1. The lowest BCUT2D eigenvalue weighted by Gasteiger charge is -2.21. The Hall–Kier alpha value is -1.87. The Morgan fingerprint density at radius 2 is 2.00 bits per heavy atom. The lowest BCUT2D eigenvalue weighted by Crippen LogP contribution is -2.22. The zero-order chi connectivity index (χ0) is 14.2. The third-order valence-corrected chi connectivity index (χ3v) is 3.12. The second-order valence-electron chi connectivity index (χ2n) is 4.66. The third kappa shape index (κ3) is 3.58. The van der Waals surface area contributed by atoms with E-state index in [1.54, 1.807) is 6.20 Å². The maximum atomic E-state index is 5.87. The molecule has 0 aliphatic rings. The topological polar surface area (TPSA) is 34.1 Å². The van der Waals surface area contributed by atoms with Gasteiger partial charge in [0.15, 0.2) is 0 Å². The second kappa shape index (κ2) is 7.65. The zero-order valence-corrected chi connectivity index (χ0v) is 12.2. The lowest BCUT2D eigenvalue weighted by atomic mass is 9.99. The molecule has 106 valence electrons. The van der Waals surface area contributed by atoms with Crippen LogP contribution in [0.5, 0.6) is 5.75 Å². The number of rotatable bonds is 7. The van der Waals surface area contributed by atoms with E-state index in [4.69, 9.17) is 4.74 Å². The predicted octanol–water partition coefficient (Wildman–Crippen LogP) is 3.57. The maximum Gasteiger partial charge on any atom is 0.124 e. The van der Waals surface area contributed by atoms with Crippen molar-refractivity contribution >= 4 is 0 Å². The standard InChI is InChI=1S/C17H22N2O/c1-3-12-20-16-10-6-5-9-15(16)17(19-4-2)14-8-7-11-18-13-14/h5-11,13,17,19H,3-4,12H2,1-2H3. The summed E-state index contributed by atoms with van der Waals surface area (Å²) in [6, 6.07) is 12.4. The lowest BCUT2D eigenvalue weighted by molar-refractivity contribution is 0.312. The van der Waals surface area contributed by atoms with E-state index < -0.39 is 0 Å². The molecule has 1 N–H and O–H groups in total. The first kappa shape index (κ1) is 14.5. The molecule has 2 rings (SSSR count). The van der Waals surface area contributed by atoms with Gasteiger partial charge in [0.1, 0.15) is 5.75 Å². The molecule has 1 unspecified atom stereocenters. The highest BCUT2D eigenvalue weighted by atomic mass is 16.5. The summed E-state index contributed by atoms with van der Waals surface area (Å²) in [6.45, 7) is 5.86. The van der Waals surface area contributed by atoms with Gasteiger partial charge in [-0.3, -0.25) is 4.98 Å². The number of hydrogen-bond acceptors (Lipinski definition) is 3. The molecule has 1 heterocycles. The number of nitrogens with zero attached hydrogens (tertiary/aromatic N) is 1. The normalized spacial score (nSPS) is 12.1. The summed E-state index contributed by atoms with van der Waals surface area (Å²) in [5.74, 6) is 0.948.